The summed E-state index contributed by atoms with van der Waals surface area (Å²) in [5, 5.41) is 8.81. The van der Waals surface area contributed by atoms with Crippen LogP contribution in [0.3, 0.4) is 0 Å². The van der Waals surface area contributed by atoms with Crippen LogP contribution in [0.2, 0.25) is 0 Å². The van der Waals surface area contributed by atoms with E-state index in [2.05, 4.69) is 15.9 Å². The van der Waals surface area contributed by atoms with Gasteiger partial charge >= 0.3 is 29.6 Å². The van der Waals surface area contributed by atoms with Gasteiger partial charge < -0.3 is 15.4 Å². The minimum atomic E-state index is -1.27. The van der Waals surface area contributed by atoms with Crippen LogP contribution in [-0.2, 0) is 0 Å². The molecule has 0 spiro atoms. The number of carbonyl (C=O) groups is 1. The zero-order valence-corrected chi connectivity index (χ0v) is 6.78. The summed E-state index contributed by atoms with van der Waals surface area (Å²) in [5.74, 6) is 0. The second kappa shape index (κ2) is 9.32. The number of carbonyl (C=O) groups excluding carboxylic acids is 1. The van der Waals surface area contributed by atoms with Crippen molar-refractivity contribution in [3.63, 3.8) is 0 Å². The maximum Gasteiger partial charge on any atom is 1.00 e. The van der Waals surface area contributed by atoms with Crippen molar-refractivity contribution in [2.45, 2.75) is 0 Å². The summed E-state index contributed by atoms with van der Waals surface area (Å²) in [6, 6.07) is 0. The van der Waals surface area contributed by atoms with E-state index >= 15 is 0 Å². The zero-order valence-electron chi connectivity index (χ0n) is 3.19. The molecule has 0 aromatic carbocycles. The third kappa shape index (κ3) is 90.6. The van der Waals surface area contributed by atoms with Gasteiger partial charge in [0.05, 0.1) is 0 Å². The maximum atomic E-state index is 8.81. The molecule has 32 valence electrons. The molecule has 0 aromatic heterocycles. The molecule has 2 N–H and O–H groups in total. The van der Waals surface area contributed by atoms with Crippen LogP contribution in [0.15, 0.2) is 0 Å². The molecule has 5 heteroatoms. The predicted molar refractivity (Wildman–Crippen MR) is 17.9 cm³/mol. The van der Waals surface area contributed by atoms with Gasteiger partial charge in [-0.15, -0.1) is 0 Å². The van der Waals surface area contributed by atoms with Gasteiger partial charge in [0, 0.05) is 0 Å². The topological polar surface area (TPSA) is 71.6 Å². The van der Waals surface area contributed by atoms with Crippen LogP contribution in [-0.4, -0.2) is 10.4 Å². The maximum absolute atomic E-state index is 8.81. The quantitative estimate of drug-likeness (QED) is 0.270. The normalized spacial score (nSPS) is 4.17. The Morgan fingerprint density at radius 2 is 1.67 bits per heavy atom. The van der Waals surface area contributed by atoms with Crippen molar-refractivity contribution < 1.29 is 44.9 Å². The molecule has 0 aliphatic rings. The first-order chi connectivity index (χ1) is 1.73. The molecule has 0 heterocycles. The van der Waals surface area contributed by atoms with Crippen LogP contribution in [0, 0.1) is 0 Å². The van der Waals surface area contributed by atoms with Gasteiger partial charge in [-0.25, -0.2) is 0 Å². The van der Waals surface area contributed by atoms with E-state index in [4.69, 9.17) is 9.90 Å². The van der Waals surface area contributed by atoms with E-state index in [9.17, 15) is 0 Å². The largest absolute Gasteiger partial charge is 1.00 e. The van der Waals surface area contributed by atoms with Crippen molar-refractivity contribution in [2.24, 2.45) is 0 Å². The smallest absolute Gasteiger partial charge is 0.538 e. The minimum Gasteiger partial charge on any atom is -0.538 e. The van der Waals surface area contributed by atoms with Gasteiger partial charge in [-0.3, -0.25) is 0 Å². The Labute approximate surface area is 65.5 Å². The molecule has 3 nitrogen and oxygen atoms in total. The SMILES string of the molecule is O.O=C([O-])Br.[Na+]. The van der Waals surface area contributed by atoms with Crippen molar-refractivity contribution in [3.8, 4) is 0 Å². The summed E-state index contributed by atoms with van der Waals surface area (Å²) >= 11 is 2.08. The Morgan fingerprint density at radius 3 is 1.67 bits per heavy atom. The number of hydrogen-bond donors (Lipinski definition) is 0. The summed E-state index contributed by atoms with van der Waals surface area (Å²) in [4.78, 5) is 7.53. The second-order valence-electron chi connectivity index (χ2n) is 0.238. The number of rotatable bonds is 0. The molecular formula is CH2BrNaO3. The molecule has 0 aliphatic carbocycles. The van der Waals surface area contributed by atoms with E-state index in [-0.39, 0.29) is 35.0 Å². The monoisotopic (exact) mass is 164 g/mol. The molecule has 0 fully saturated rings. The fraction of sp³-hybridized carbons (Fsp3) is 0. The third-order valence-corrected chi connectivity index (χ3v) is 0. The Hall–Kier alpha value is 0.910. The summed E-state index contributed by atoms with van der Waals surface area (Å²) in [7, 11) is 0. The Bertz CT molecular complexity index is 33.8. The van der Waals surface area contributed by atoms with Gasteiger partial charge in [0.2, 0.25) is 0 Å². The average Bonchev–Trinajstić information content (AvgIpc) is 0.811. The van der Waals surface area contributed by atoms with Gasteiger partial charge in [0.1, 0.15) is 4.88 Å². The van der Waals surface area contributed by atoms with E-state index in [1.165, 1.54) is 0 Å². The van der Waals surface area contributed by atoms with Gasteiger partial charge in [-0.2, -0.15) is 0 Å². The molecule has 0 bridgehead atoms. The molecule has 0 saturated carbocycles. The van der Waals surface area contributed by atoms with Crippen molar-refractivity contribution in [1.29, 1.82) is 0 Å². The number of hydrogen-bond acceptors (Lipinski definition) is 2. The van der Waals surface area contributed by atoms with Crippen molar-refractivity contribution in [3.05, 3.63) is 0 Å². The van der Waals surface area contributed by atoms with E-state index in [1.54, 1.807) is 0 Å². The Kier molecular flexibility index (Phi) is 24.5. The van der Waals surface area contributed by atoms with Crippen molar-refractivity contribution in [2.75, 3.05) is 0 Å². The average molecular weight is 165 g/mol. The van der Waals surface area contributed by atoms with E-state index in [0.717, 1.165) is 0 Å². The molecular weight excluding hydrogens is 163 g/mol. The fourth-order valence-electron chi connectivity index (χ4n) is 0. The minimum absolute atomic E-state index is 0. The van der Waals surface area contributed by atoms with Crippen molar-refractivity contribution >= 4 is 20.8 Å². The van der Waals surface area contributed by atoms with E-state index in [1.807, 2.05) is 0 Å². The Morgan fingerprint density at radius 1 is 1.67 bits per heavy atom. The number of carboxylic acid groups (broad SMARTS) is 1. The predicted octanol–water partition coefficient (Wildman–Crippen LogP) is -4.10. The number of halogens is 1. The second-order valence-corrected chi connectivity index (χ2v) is 0.885. The van der Waals surface area contributed by atoms with Gasteiger partial charge in [0.15, 0.2) is 0 Å². The van der Waals surface area contributed by atoms with Gasteiger partial charge in [-0.1, -0.05) is 0 Å². The first kappa shape index (κ1) is 15.8. The Balaban J connectivity index is -0.0000000450. The summed E-state index contributed by atoms with van der Waals surface area (Å²) in [6.45, 7) is 0. The molecule has 0 saturated heterocycles. The zero-order chi connectivity index (χ0) is 3.58. The van der Waals surface area contributed by atoms with E-state index < -0.39 is 4.88 Å². The molecule has 0 aromatic rings. The van der Waals surface area contributed by atoms with Crippen LogP contribution in [0.25, 0.3) is 0 Å². The molecule has 0 unspecified atom stereocenters. The standard InChI is InChI=1S/CHBrO2.Na.H2O/c2-1(3)4;;/h(H,3,4);;1H2/q;+1;/p-1. The molecule has 0 aliphatic heterocycles. The third-order valence-electron chi connectivity index (χ3n) is 0. The molecule has 0 rings (SSSR count). The van der Waals surface area contributed by atoms with Crippen LogP contribution < -0.4 is 34.7 Å². The molecule has 0 amide bonds. The first-order valence-corrected chi connectivity index (χ1v) is 1.39. The van der Waals surface area contributed by atoms with Crippen LogP contribution in [0.5, 0.6) is 0 Å². The van der Waals surface area contributed by atoms with Crippen molar-refractivity contribution in [1.82, 2.24) is 0 Å². The summed E-state index contributed by atoms with van der Waals surface area (Å²) in [6.07, 6.45) is 0. The molecule has 6 heavy (non-hydrogen) atoms. The molecule has 0 atom stereocenters. The van der Waals surface area contributed by atoms with E-state index in [0.29, 0.717) is 0 Å². The van der Waals surface area contributed by atoms with Gasteiger partial charge in [0.25, 0.3) is 0 Å². The fourth-order valence-corrected chi connectivity index (χ4v) is 0. The summed E-state index contributed by atoms with van der Waals surface area (Å²) < 4.78 is 0. The van der Waals surface area contributed by atoms with Gasteiger partial charge in [-0.05, 0) is 15.9 Å². The molecule has 0 radical (unpaired) electrons. The first-order valence-electron chi connectivity index (χ1n) is 0.597. The van der Waals surface area contributed by atoms with Crippen LogP contribution >= 0.6 is 15.9 Å². The van der Waals surface area contributed by atoms with Crippen LogP contribution in [0.1, 0.15) is 0 Å². The summed E-state index contributed by atoms with van der Waals surface area (Å²) in [5.41, 5.74) is 0. The van der Waals surface area contributed by atoms with Crippen LogP contribution in [0.4, 0.5) is 4.79 Å².